The van der Waals surface area contributed by atoms with E-state index in [1.807, 2.05) is 0 Å². The highest BCUT2D eigenvalue weighted by atomic mass is 16.6. The summed E-state index contributed by atoms with van der Waals surface area (Å²) < 4.78 is 6.42. The maximum absolute atomic E-state index is 11.8. The van der Waals surface area contributed by atoms with Gasteiger partial charge in [-0.25, -0.2) is 0 Å². The van der Waals surface area contributed by atoms with Crippen molar-refractivity contribution in [3.8, 4) is 22.3 Å². The van der Waals surface area contributed by atoms with Gasteiger partial charge in [0.2, 0.25) is 0 Å². The summed E-state index contributed by atoms with van der Waals surface area (Å²) >= 11 is 0. The predicted molar refractivity (Wildman–Crippen MR) is 122 cm³/mol. The van der Waals surface area contributed by atoms with Crippen LogP contribution in [0.1, 0.15) is 29.2 Å². The van der Waals surface area contributed by atoms with Gasteiger partial charge in [-0.05, 0) is 51.4 Å². The highest BCUT2D eigenvalue weighted by molar-refractivity contribution is 5.90. The fourth-order valence-electron chi connectivity index (χ4n) is 7.00. The molecule has 2 nitrogen and oxygen atoms in total. The van der Waals surface area contributed by atoms with E-state index >= 15 is 0 Å². The van der Waals surface area contributed by atoms with E-state index < -0.39 is 17.1 Å². The van der Waals surface area contributed by atoms with Gasteiger partial charge in [0, 0.05) is 0 Å². The Hall–Kier alpha value is -3.20. The molecule has 0 saturated carbocycles. The molecule has 1 fully saturated rings. The first kappa shape index (κ1) is 17.5. The molecule has 1 N–H and O–H groups in total. The van der Waals surface area contributed by atoms with Crippen molar-refractivity contribution in [1.29, 1.82) is 0 Å². The van der Waals surface area contributed by atoms with Gasteiger partial charge in [0.1, 0.15) is 0 Å². The van der Waals surface area contributed by atoms with Crippen molar-refractivity contribution in [3.05, 3.63) is 119 Å². The lowest BCUT2D eigenvalue weighted by Crippen LogP contribution is -2.53. The van der Waals surface area contributed by atoms with Crippen LogP contribution in [-0.4, -0.2) is 17.5 Å². The van der Waals surface area contributed by atoms with Crippen LogP contribution in [0.2, 0.25) is 0 Å². The molecule has 2 spiro atoms. The Bertz CT molecular complexity index is 1170. The Morgan fingerprint density at radius 1 is 0.548 bits per heavy atom. The lowest BCUT2D eigenvalue weighted by Gasteiger charge is -2.45. The molecule has 150 valence electrons. The zero-order valence-corrected chi connectivity index (χ0v) is 17.2. The molecule has 1 heterocycles. The number of rotatable bonds is 0. The van der Waals surface area contributed by atoms with Crippen molar-refractivity contribution < 1.29 is 9.84 Å². The fourth-order valence-corrected chi connectivity index (χ4v) is 7.00. The molecule has 2 atom stereocenters. The van der Waals surface area contributed by atoms with E-state index in [0.29, 0.717) is 0 Å². The number of benzene rings is 4. The Morgan fingerprint density at radius 3 is 1.26 bits per heavy atom. The smallest absolute Gasteiger partial charge is 0.170 e. The highest BCUT2D eigenvalue weighted by Gasteiger charge is 2.72. The SMILES string of the molecule is CC1OC(O)C2(c3ccccc3-c3ccccc32)C12c1ccccc1-c1ccccc12. The Kier molecular flexibility index (Phi) is 3.23. The molecule has 4 aromatic carbocycles. The number of ether oxygens (including phenoxy) is 1. The summed E-state index contributed by atoms with van der Waals surface area (Å²) in [5.74, 6) is 0. The summed E-state index contributed by atoms with van der Waals surface area (Å²) in [6, 6.07) is 34.4. The quantitative estimate of drug-likeness (QED) is 0.411. The molecule has 1 saturated heterocycles. The average Bonchev–Trinajstić information content (AvgIpc) is 3.37. The molecule has 7 rings (SSSR count). The molecule has 31 heavy (non-hydrogen) atoms. The zero-order valence-electron chi connectivity index (χ0n) is 17.2. The molecular weight excluding hydrogens is 380 g/mol. The normalized spacial score (nSPS) is 22.9. The molecule has 0 radical (unpaired) electrons. The van der Waals surface area contributed by atoms with Crippen molar-refractivity contribution in [2.45, 2.75) is 30.1 Å². The van der Waals surface area contributed by atoms with Gasteiger partial charge in [0.15, 0.2) is 6.29 Å². The molecule has 2 aliphatic carbocycles. The van der Waals surface area contributed by atoms with Gasteiger partial charge in [-0.3, -0.25) is 0 Å². The van der Waals surface area contributed by atoms with E-state index in [4.69, 9.17) is 4.74 Å². The Balaban J connectivity index is 1.73. The zero-order chi connectivity index (χ0) is 20.8. The summed E-state index contributed by atoms with van der Waals surface area (Å²) in [5.41, 5.74) is 8.41. The van der Waals surface area contributed by atoms with Crippen LogP contribution in [0.3, 0.4) is 0 Å². The molecule has 0 bridgehead atoms. The first-order valence-corrected chi connectivity index (χ1v) is 10.9. The third-order valence-electron chi connectivity index (χ3n) is 7.92. The van der Waals surface area contributed by atoms with Gasteiger partial charge >= 0.3 is 0 Å². The number of fused-ring (bicyclic) bond motifs is 11. The maximum atomic E-state index is 11.8. The van der Waals surface area contributed by atoms with Crippen LogP contribution in [0.25, 0.3) is 22.3 Å². The Labute approximate surface area is 181 Å². The van der Waals surface area contributed by atoms with E-state index in [1.165, 1.54) is 33.4 Å². The van der Waals surface area contributed by atoms with E-state index in [2.05, 4.69) is 104 Å². The van der Waals surface area contributed by atoms with Crippen LogP contribution in [-0.2, 0) is 15.6 Å². The van der Waals surface area contributed by atoms with Crippen LogP contribution in [0, 0.1) is 0 Å². The van der Waals surface area contributed by atoms with Crippen molar-refractivity contribution in [2.24, 2.45) is 0 Å². The van der Waals surface area contributed by atoms with Crippen molar-refractivity contribution in [2.75, 3.05) is 0 Å². The fraction of sp³-hybridized carbons (Fsp3) is 0.172. The number of hydrogen-bond acceptors (Lipinski definition) is 2. The Morgan fingerprint density at radius 2 is 0.871 bits per heavy atom. The van der Waals surface area contributed by atoms with Gasteiger partial charge in [-0.15, -0.1) is 0 Å². The topological polar surface area (TPSA) is 29.5 Å². The van der Waals surface area contributed by atoms with Gasteiger partial charge in [0.25, 0.3) is 0 Å². The molecule has 3 aliphatic rings. The summed E-state index contributed by atoms with van der Waals surface area (Å²) in [7, 11) is 0. The summed E-state index contributed by atoms with van der Waals surface area (Å²) in [5, 5.41) is 11.8. The summed E-state index contributed by atoms with van der Waals surface area (Å²) in [6.45, 7) is 2.13. The lowest BCUT2D eigenvalue weighted by molar-refractivity contribution is -0.105. The standard InChI is InChI=1S/C29H22O2/c1-18-28(23-14-6-2-10-19(23)20-11-3-7-15-24(20)28)29(27(30)31-18)25-16-8-4-12-21(25)22-13-5-9-17-26(22)29/h2-18,27,30H,1H3. The molecule has 2 heteroatoms. The van der Waals surface area contributed by atoms with E-state index in [-0.39, 0.29) is 6.10 Å². The van der Waals surface area contributed by atoms with Crippen molar-refractivity contribution in [3.63, 3.8) is 0 Å². The predicted octanol–water partition coefficient (Wildman–Crippen LogP) is 5.66. The maximum Gasteiger partial charge on any atom is 0.170 e. The van der Waals surface area contributed by atoms with Crippen molar-refractivity contribution >= 4 is 0 Å². The third-order valence-corrected chi connectivity index (χ3v) is 7.92. The second-order valence-electron chi connectivity index (χ2n) is 8.93. The first-order valence-electron chi connectivity index (χ1n) is 10.9. The van der Waals surface area contributed by atoms with Crippen LogP contribution in [0.15, 0.2) is 97.1 Å². The summed E-state index contributed by atoms with van der Waals surface area (Å²) in [4.78, 5) is 0. The number of aliphatic hydroxyl groups is 1. The molecule has 0 aromatic heterocycles. The van der Waals surface area contributed by atoms with Crippen LogP contribution in [0.4, 0.5) is 0 Å². The summed E-state index contributed by atoms with van der Waals surface area (Å²) in [6.07, 6.45) is -1.15. The van der Waals surface area contributed by atoms with Gasteiger partial charge in [-0.1, -0.05) is 97.1 Å². The number of aliphatic hydroxyl groups excluding tert-OH is 1. The second-order valence-corrected chi connectivity index (χ2v) is 8.93. The minimum Gasteiger partial charge on any atom is -0.367 e. The van der Waals surface area contributed by atoms with Crippen LogP contribution >= 0.6 is 0 Å². The molecule has 0 amide bonds. The first-order chi connectivity index (χ1) is 15.2. The van der Waals surface area contributed by atoms with Gasteiger partial charge in [-0.2, -0.15) is 0 Å². The monoisotopic (exact) mass is 402 g/mol. The van der Waals surface area contributed by atoms with E-state index in [0.717, 1.165) is 11.1 Å². The van der Waals surface area contributed by atoms with Crippen LogP contribution in [0.5, 0.6) is 0 Å². The molecule has 4 aromatic rings. The molecule has 2 unspecified atom stereocenters. The second kappa shape index (κ2) is 5.73. The molecule has 1 aliphatic heterocycles. The van der Waals surface area contributed by atoms with Crippen LogP contribution < -0.4 is 0 Å². The van der Waals surface area contributed by atoms with Gasteiger partial charge in [0.05, 0.1) is 16.9 Å². The van der Waals surface area contributed by atoms with Crippen molar-refractivity contribution in [1.82, 2.24) is 0 Å². The average molecular weight is 402 g/mol. The third kappa shape index (κ3) is 1.72. The molecular formula is C29H22O2. The minimum atomic E-state index is -0.952. The highest BCUT2D eigenvalue weighted by Crippen LogP contribution is 2.70. The largest absolute Gasteiger partial charge is 0.367 e. The number of hydrogen-bond donors (Lipinski definition) is 1. The lowest BCUT2D eigenvalue weighted by atomic mass is 9.53. The van der Waals surface area contributed by atoms with Gasteiger partial charge < -0.3 is 9.84 Å². The minimum absolute atomic E-state index is 0.202. The van der Waals surface area contributed by atoms with E-state index in [9.17, 15) is 5.11 Å². The van der Waals surface area contributed by atoms with E-state index in [1.54, 1.807) is 0 Å².